The fraction of sp³-hybridized carbons (Fsp3) is 0.0610. The first-order valence-corrected chi connectivity index (χ1v) is 31.7. The van der Waals surface area contributed by atoms with Crippen LogP contribution in [0.15, 0.2) is 296 Å². The van der Waals surface area contributed by atoms with Crippen LogP contribution in [0.5, 0.6) is 0 Å². The van der Waals surface area contributed by atoms with Gasteiger partial charge in [0.2, 0.25) is 5.89 Å². The van der Waals surface area contributed by atoms with Crippen molar-refractivity contribution < 1.29 is 4.42 Å². The Morgan fingerprint density at radius 1 is 0.244 bits per heavy atom. The fourth-order valence-electron chi connectivity index (χ4n) is 11.0. The Hall–Kier alpha value is -10.8. The van der Waals surface area contributed by atoms with Crippen molar-refractivity contribution in [3.8, 4) is 55.1 Å². The third-order valence-electron chi connectivity index (χ3n) is 15.5. The summed E-state index contributed by atoms with van der Waals surface area (Å²) in [6.07, 6.45) is 0. The van der Waals surface area contributed by atoms with Gasteiger partial charge < -0.3 is 4.42 Å². The van der Waals surface area contributed by atoms with Crippen LogP contribution < -0.4 is 0 Å². The van der Waals surface area contributed by atoms with Gasteiger partial charge in [0.15, 0.2) is 5.58 Å². The topological polar surface area (TPSA) is 77.6 Å². The number of benzene rings is 12. The molecule has 12 aromatic carbocycles. The zero-order valence-corrected chi connectivity index (χ0v) is 52.3. The molecule has 17 aromatic rings. The minimum absolute atomic E-state index is 0.685. The first-order valence-electron chi connectivity index (χ1n) is 30.1. The second-order valence-corrected chi connectivity index (χ2v) is 24.4. The highest BCUT2D eigenvalue weighted by molar-refractivity contribution is 7.22. The number of fused-ring (bicyclic) bond motifs is 9. The summed E-state index contributed by atoms with van der Waals surface area (Å²) in [6.45, 7) is 10.5. The van der Waals surface area contributed by atoms with Crippen LogP contribution >= 0.6 is 22.7 Å². The number of thiazole rings is 2. The normalized spacial score (nSPS) is 10.9. The Kier molecular flexibility index (Phi) is 17.3. The van der Waals surface area contributed by atoms with Crippen molar-refractivity contribution in [1.82, 2.24) is 24.9 Å². The fourth-order valence-corrected chi connectivity index (χ4v) is 12.9. The van der Waals surface area contributed by atoms with Gasteiger partial charge in [0.1, 0.15) is 15.5 Å². The van der Waals surface area contributed by atoms with Gasteiger partial charge in [0, 0.05) is 49.4 Å². The van der Waals surface area contributed by atoms with Gasteiger partial charge >= 0.3 is 0 Å². The second kappa shape index (κ2) is 26.7. The molecule has 5 aromatic heterocycles. The van der Waals surface area contributed by atoms with Gasteiger partial charge in [-0.3, -0.25) is 0 Å². The number of oxazole rings is 1. The second-order valence-electron chi connectivity index (χ2n) is 22.3. The van der Waals surface area contributed by atoms with E-state index < -0.39 is 0 Å². The minimum atomic E-state index is 0.685. The molecular weight excluding hydrogens is 1140 g/mol. The summed E-state index contributed by atoms with van der Waals surface area (Å²) in [5.41, 5.74) is 20.2. The van der Waals surface area contributed by atoms with Crippen molar-refractivity contribution in [3.05, 3.63) is 319 Å². The summed E-state index contributed by atoms with van der Waals surface area (Å²) in [5, 5.41) is 9.57. The summed E-state index contributed by atoms with van der Waals surface area (Å²) in [5.74, 6) is 0.685. The lowest BCUT2D eigenvalue weighted by Gasteiger charge is -2.10. The monoisotopic (exact) mass is 1200 g/mol. The molecule has 0 aliphatic heterocycles. The minimum Gasteiger partial charge on any atom is -0.436 e. The molecule has 0 unspecified atom stereocenters. The van der Waals surface area contributed by atoms with Gasteiger partial charge in [-0.1, -0.05) is 246 Å². The van der Waals surface area contributed by atoms with Crippen LogP contribution in [0.2, 0.25) is 0 Å². The molecule has 0 N–H and O–H groups in total. The quantitative estimate of drug-likeness (QED) is 0.160. The van der Waals surface area contributed by atoms with Gasteiger partial charge in [0.25, 0.3) is 0 Å². The van der Waals surface area contributed by atoms with Gasteiger partial charge in [-0.2, -0.15) is 0 Å². The van der Waals surface area contributed by atoms with E-state index in [4.69, 9.17) is 14.4 Å². The Balaban J connectivity index is 0.000000104. The van der Waals surface area contributed by atoms with Gasteiger partial charge in [-0.15, -0.1) is 22.7 Å². The van der Waals surface area contributed by atoms with Crippen molar-refractivity contribution in [3.63, 3.8) is 0 Å². The molecule has 0 atom stereocenters. The number of pyridine rings is 2. The van der Waals surface area contributed by atoms with E-state index in [1.165, 1.54) is 91.8 Å². The first-order chi connectivity index (χ1) is 44.1. The van der Waals surface area contributed by atoms with Crippen molar-refractivity contribution in [2.45, 2.75) is 34.6 Å². The van der Waals surface area contributed by atoms with Crippen LogP contribution in [-0.2, 0) is 0 Å². The van der Waals surface area contributed by atoms with Crippen molar-refractivity contribution in [2.24, 2.45) is 0 Å². The van der Waals surface area contributed by atoms with Crippen LogP contribution in [-0.4, -0.2) is 24.9 Å². The SMILES string of the molecule is Cc1ccc(-c2nc3ccccc3c3ccccc23)cc1.Cc1ccc(-c2nc3ccccc3s2)cc1.Cc1cccc(-c2nc3ccccc3c3ccccc23)c1.Cc1cccc(-c2nc3ccccc3o2)c1.Cc1cccc(-c2nc3ccccc3s2)c1. The zero-order valence-electron chi connectivity index (χ0n) is 50.7. The van der Waals surface area contributed by atoms with Crippen molar-refractivity contribution in [1.29, 1.82) is 0 Å². The maximum atomic E-state index is 5.70. The van der Waals surface area contributed by atoms with Crippen LogP contribution in [0.3, 0.4) is 0 Å². The molecule has 0 fully saturated rings. The van der Waals surface area contributed by atoms with Crippen molar-refractivity contribution >= 4 is 97.6 Å². The smallest absolute Gasteiger partial charge is 0.227 e. The Bertz CT molecular complexity index is 5120. The molecular formula is C82H63N5OS2. The number of aryl methyl sites for hydroxylation is 5. The summed E-state index contributed by atoms with van der Waals surface area (Å²) in [6, 6.07) is 100. The largest absolute Gasteiger partial charge is 0.436 e. The third kappa shape index (κ3) is 13.2. The number of nitrogens with zero attached hydrogens (tertiary/aromatic N) is 5. The van der Waals surface area contributed by atoms with Gasteiger partial charge in [-0.25, -0.2) is 24.9 Å². The molecule has 17 rings (SSSR count). The molecule has 6 nitrogen and oxygen atoms in total. The molecule has 0 bridgehead atoms. The molecule has 0 aliphatic rings. The van der Waals surface area contributed by atoms with E-state index in [0.717, 1.165) is 60.1 Å². The van der Waals surface area contributed by atoms with E-state index in [1.54, 1.807) is 22.7 Å². The number of rotatable bonds is 5. The van der Waals surface area contributed by atoms with E-state index in [9.17, 15) is 0 Å². The average molecular weight is 1200 g/mol. The lowest BCUT2D eigenvalue weighted by Crippen LogP contribution is -1.89. The van der Waals surface area contributed by atoms with E-state index >= 15 is 0 Å². The maximum absolute atomic E-state index is 5.70. The molecule has 0 aliphatic carbocycles. The van der Waals surface area contributed by atoms with Gasteiger partial charge in [0.05, 0.1) is 42.9 Å². The van der Waals surface area contributed by atoms with Crippen LogP contribution in [0, 0.1) is 34.6 Å². The van der Waals surface area contributed by atoms with E-state index in [2.05, 4.69) is 280 Å². The first kappa shape index (κ1) is 58.3. The van der Waals surface area contributed by atoms with Crippen LogP contribution in [0.25, 0.3) is 130 Å². The molecule has 0 saturated heterocycles. The number of hydrogen-bond donors (Lipinski definition) is 0. The lowest BCUT2D eigenvalue weighted by atomic mass is 9.99. The summed E-state index contributed by atoms with van der Waals surface area (Å²) in [4.78, 5) is 23.5. The lowest BCUT2D eigenvalue weighted by molar-refractivity contribution is 0.620. The molecule has 5 heterocycles. The predicted octanol–water partition coefficient (Wildman–Crippen LogP) is 23.1. The number of hydrogen-bond acceptors (Lipinski definition) is 8. The summed E-state index contributed by atoms with van der Waals surface area (Å²) >= 11 is 3.49. The van der Waals surface area contributed by atoms with E-state index in [1.807, 2.05) is 60.7 Å². The Labute approximate surface area is 532 Å². The summed E-state index contributed by atoms with van der Waals surface area (Å²) in [7, 11) is 0. The average Bonchev–Trinajstić information content (AvgIpc) is 1.19. The molecule has 434 valence electrons. The molecule has 0 saturated carbocycles. The molecule has 0 radical (unpaired) electrons. The van der Waals surface area contributed by atoms with Gasteiger partial charge in [-0.05, 0) is 118 Å². The van der Waals surface area contributed by atoms with Crippen LogP contribution in [0.4, 0.5) is 0 Å². The Morgan fingerprint density at radius 3 is 1.12 bits per heavy atom. The van der Waals surface area contributed by atoms with Crippen LogP contribution in [0.1, 0.15) is 27.8 Å². The predicted molar refractivity (Wildman–Crippen MR) is 383 cm³/mol. The zero-order chi connectivity index (χ0) is 61.3. The highest BCUT2D eigenvalue weighted by atomic mass is 32.1. The summed E-state index contributed by atoms with van der Waals surface area (Å²) < 4.78 is 8.20. The highest BCUT2D eigenvalue weighted by Gasteiger charge is 2.13. The molecule has 0 amide bonds. The maximum Gasteiger partial charge on any atom is 0.227 e. The highest BCUT2D eigenvalue weighted by Crippen LogP contribution is 2.36. The third-order valence-corrected chi connectivity index (χ3v) is 17.7. The van der Waals surface area contributed by atoms with E-state index in [0.29, 0.717) is 5.89 Å². The van der Waals surface area contributed by atoms with Crippen molar-refractivity contribution in [2.75, 3.05) is 0 Å². The number of para-hydroxylation sites is 6. The Morgan fingerprint density at radius 2 is 0.622 bits per heavy atom. The molecule has 90 heavy (non-hydrogen) atoms. The molecule has 0 spiro atoms. The standard InChI is InChI=1S/2C20H15N.C14H11NO.2C14H11NS/c1-14-7-6-8-15(13-14)20-18-11-3-2-9-16(18)17-10-4-5-12-19(17)21-20;1-14-10-12-15(13-11-14)20-18-8-3-2-6-16(18)17-7-4-5-9-19(17)21-20;2*1-10-5-4-6-11(9-10)14-15-12-7-2-3-8-13(12)16-14;1-10-6-8-11(9-7-10)14-15-12-4-2-3-5-13(12)16-14/h2*2-13H,1H3;3*2-9H,1H3. The van der Waals surface area contributed by atoms with E-state index in [-0.39, 0.29) is 0 Å². The number of aromatic nitrogens is 5. The molecule has 8 heteroatoms.